The van der Waals surface area contributed by atoms with Gasteiger partial charge >= 0.3 is 6.09 Å². The molecule has 4 aromatic rings. The number of aliphatic hydroxyl groups excluding tert-OH is 1. The summed E-state index contributed by atoms with van der Waals surface area (Å²) in [5.41, 5.74) is 4.95. The fraction of sp³-hybridized carbons (Fsp3) is 0.325. The molecule has 0 spiro atoms. The summed E-state index contributed by atoms with van der Waals surface area (Å²) in [5.74, 6) is -0.947. The van der Waals surface area contributed by atoms with Crippen molar-refractivity contribution in [3.05, 3.63) is 137 Å². The van der Waals surface area contributed by atoms with Crippen LogP contribution in [0.5, 0.6) is 0 Å². The van der Waals surface area contributed by atoms with Crippen molar-refractivity contribution >= 4 is 23.6 Å². The molecule has 2 aliphatic rings. The number of imide groups is 1. The molecule has 2 fully saturated rings. The highest BCUT2D eigenvalue weighted by atomic mass is 16.7. The molecule has 10 nitrogen and oxygen atoms in total. The lowest BCUT2D eigenvalue weighted by Gasteiger charge is -2.43. The first-order valence-corrected chi connectivity index (χ1v) is 16.9. The molecule has 10 heteroatoms. The topological polar surface area (TPSA) is 118 Å². The number of nitrogens with one attached hydrogen (secondary N) is 1. The van der Waals surface area contributed by atoms with Gasteiger partial charge in [0.1, 0.15) is 12.6 Å². The number of ether oxygens (including phenoxy) is 3. The number of alkyl carbamates (subject to hydrolysis) is 1. The number of amides is 3. The van der Waals surface area contributed by atoms with Gasteiger partial charge in [-0.25, -0.2) is 9.69 Å². The summed E-state index contributed by atoms with van der Waals surface area (Å²) in [4.78, 5) is 42.0. The number of benzene rings is 4. The lowest BCUT2D eigenvalue weighted by molar-refractivity contribution is -0.276. The summed E-state index contributed by atoms with van der Waals surface area (Å²) in [6, 6.07) is 33.4. The van der Waals surface area contributed by atoms with E-state index in [9.17, 15) is 19.5 Å². The van der Waals surface area contributed by atoms with Crippen molar-refractivity contribution in [2.24, 2.45) is 5.92 Å². The molecule has 0 aliphatic carbocycles. The second kappa shape index (κ2) is 15.8. The van der Waals surface area contributed by atoms with Gasteiger partial charge in [-0.3, -0.25) is 14.5 Å². The van der Waals surface area contributed by atoms with Crippen molar-refractivity contribution in [2.45, 2.75) is 64.1 Å². The Morgan fingerprint density at radius 1 is 0.900 bits per heavy atom. The van der Waals surface area contributed by atoms with Crippen LogP contribution in [0.2, 0.25) is 0 Å². The first kappa shape index (κ1) is 35.0. The number of hydrogen-bond donors (Lipinski definition) is 2. The fourth-order valence-corrected chi connectivity index (χ4v) is 6.46. The van der Waals surface area contributed by atoms with Crippen LogP contribution in [0.15, 0.2) is 109 Å². The highest BCUT2D eigenvalue weighted by molar-refractivity contribution is 6.22. The van der Waals surface area contributed by atoms with Crippen LogP contribution < -0.4 is 10.2 Å². The summed E-state index contributed by atoms with van der Waals surface area (Å²) in [6.07, 6.45) is -2.13. The van der Waals surface area contributed by atoms with Crippen molar-refractivity contribution < 1.29 is 33.7 Å². The second-order valence-corrected chi connectivity index (χ2v) is 13.0. The summed E-state index contributed by atoms with van der Waals surface area (Å²) in [6.45, 7) is 4.97. The van der Waals surface area contributed by atoms with E-state index in [4.69, 9.17) is 14.2 Å². The third-order valence-corrected chi connectivity index (χ3v) is 9.61. The van der Waals surface area contributed by atoms with Gasteiger partial charge in [-0.1, -0.05) is 104 Å². The Bertz CT molecular complexity index is 1750. The number of hydrogen-bond acceptors (Lipinski definition) is 8. The Morgan fingerprint density at radius 3 is 2.20 bits per heavy atom. The molecule has 0 aromatic heterocycles. The van der Waals surface area contributed by atoms with Crippen LogP contribution in [0, 0.1) is 5.92 Å². The molecule has 6 rings (SSSR count). The first-order valence-electron chi connectivity index (χ1n) is 16.9. The van der Waals surface area contributed by atoms with E-state index in [0.717, 1.165) is 27.2 Å². The van der Waals surface area contributed by atoms with Crippen LogP contribution in [-0.4, -0.2) is 53.7 Å². The number of likely N-dealkylation sites (N-methyl/N-ethyl adjacent to an activating group) is 1. The third kappa shape index (κ3) is 7.95. The number of carbonyl (C=O) groups is 3. The number of rotatable bonds is 11. The van der Waals surface area contributed by atoms with E-state index in [-0.39, 0.29) is 43.8 Å². The van der Waals surface area contributed by atoms with Crippen LogP contribution in [0.4, 0.5) is 10.5 Å². The molecule has 50 heavy (non-hydrogen) atoms. The molecule has 3 amide bonds. The van der Waals surface area contributed by atoms with Gasteiger partial charge in [0.15, 0.2) is 6.29 Å². The maximum absolute atomic E-state index is 13.3. The monoisotopic (exact) mass is 677 g/mol. The molecule has 2 saturated heterocycles. The normalized spacial score (nSPS) is 22.8. The minimum atomic E-state index is -1.02. The predicted molar refractivity (Wildman–Crippen MR) is 188 cm³/mol. The van der Waals surface area contributed by atoms with E-state index in [2.05, 4.69) is 43.2 Å². The number of aliphatic hydroxyl groups is 1. The maximum atomic E-state index is 13.3. The molecule has 2 aliphatic heterocycles. The van der Waals surface area contributed by atoms with Gasteiger partial charge in [0, 0.05) is 24.1 Å². The van der Waals surface area contributed by atoms with Gasteiger partial charge in [0.2, 0.25) is 5.91 Å². The zero-order valence-corrected chi connectivity index (χ0v) is 28.5. The Labute approximate surface area is 292 Å². The minimum absolute atomic E-state index is 0.000387. The van der Waals surface area contributed by atoms with E-state index < -0.39 is 30.2 Å². The van der Waals surface area contributed by atoms with Crippen LogP contribution in [0.1, 0.15) is 66.5 Å². The SMILES string of the molecule is C[C@@H]1[C@H](CN(C)[C@@H](C)c2ccccc2)O[C@H](c2ccc(N3C(=O)CC(NC(=O)OCc4ccccc4)C3=O)cc2)O[C@@H]1c1ccc(CO)cc1. The largest absolute Gasteiger partial charge is 0.445 e. The Hall–Kier alpha value is -4.87. The number of carbonyl (C=O) groups excluding carboxylic acids is 3. The number of anilines is 1. The average Bonchev–Trinajstić information content (AvgIpc) is 3.43. The third-order valence-electron chi connectivity index (χ3n) is 9.61. The zero-order valence-electron chi connectivity index (χ0n) is 28.5. The minimum Gasteiger partial charge on any atom is -0.445 e. The first-order chi connectivity index (χ1) is 24.2. The summed E-state index contributed by atoms with van der Waals surface area (Å²) < 4.78 is 18.5. The standard InChI is InChI=1S/C40H43N3O7/c1-26-35(23-42(3)27(2)30-12-8-5-9-13-30)49-39(50-37(26)31-16-14-28(24-44)15-17-31)32-18-20-33(21-19-32)43-36(45)22-34(38(43)46)41-40(47)48-25-29-10-6-4-7-11-29/h4-21,26-27,34-35,37,39,44H,22-25H2,1-3H3,(H,41,47)/t26-,27+,34?,35+,37+,39+/m1/s1. The van der Waals surface area contributed by atoms with E-state index in [1.807, 2.05) is 72.8 Å². The second-order valence-electron chi connectivity index (χ2n) is 13.0. The lowest BCUT2D eigenvalue weighted by Crippen LogP contribution is -2.44. The van der Waals surface area contributed by atoms with E-state index >= 15 is 0 Å². The van der Waals surface area contributed by atoms with Crippen molar-refractivity contribution in [2.75, 3.05) is 18.5 Å². The highest BCUT2D eigenvalue weighted by Gasteiger charge is 2.42. The molecule has 1 unspecified atom stereocenters. The van der Waals surface area contributed by atoms with Crippen LogP contribution in [0.3, 0.4) is 0 Å². The quantitative estimate of drug-likeness (QED) is 0.180. The van der Waals surface area contributed by atoms with Crippen LogP contribution in [0.25, 0.3) is 0 Å². The van der Waals surface area contributed by atoms with Crippen molar-refractivity contribution in [3.8, 4) is 0 Å². The smallest absolute Gasteiger partial charge is 0.408 e. The Kier molecular flexibility index (Phi) is 11.0. The fourth-order valence-electron chi connectivity index (χ4n) is 6.46. The van der Waals surface area contributed by atoms with Gasteiger partial charge in [0.25, 0.3) is 5.91 Å². The van der Waals surface area contributed by atoms with Crippen molar-refractivity contribution in [1.29, 1.82) is 0 Å². The number of nitrogens with zero attached hydrogens (tertiary/aromatic N) is 2. The predicted octanol–water partition coefficient (Wildman–Crippen LogP) is 6.22. The summed E-state index contributed by atoms with van der Waals surface area (Å²) >= 11 is 0. The van der Waals surface area contributed by atoms with Gasteiger partial charge in [-0.05, 0) is 48.4 Å². The van der Waals surface area contributed by atoms with E-state index in [1.165, 1.54) is 5.56 Å². The Balaban J connectivity index is 1.16. The highest BCUT2D eigenvalue weighted by Crippen LogP contribution is 2.42. The molecular weight excluding hydrogens is 634 g/mol. The molecule has 2 N–H and O–H groups in total. The van der Waals surface area contributed by atoms with Crippen molar-refractivity contribution in [1.82, 2.24) is 10.2 Å². The molecule has 2 heterocycles. The molecule has 260 valence electrons. The molecule has 6 atom stereocenters. The molecule has 0 saturated carbocycles. The van der Waals surface area contributed by atoms with Crippen molar-refractivity contribution in [3.63, 3.8) is 0 Å². The van der Waals surface area contributed by atoms with Gasteiger partial charge in [-0.15, -0.1) is 0 Å². The maximum Gasteiger partial charge on any atom is 0.408 e. The van der Waals surface area contributed by atoms with Gasteiger partial charge in [0.05, 0.1) is 30.9 Å². The van der Waals surface area contributed by atoms with Crippen LogP contribution >= 0.6 is 0 Å². The Morgan fingerprint density at radius 2 is 1.54 bits per heavy atom. The molecule has 0 radical (unpaired) electrons. The average molecular weight is 678 g/mol. The van der Waals surface area contributed by atoms with Gasteiger partial charge in [-0.2, -0.15) is 0 Å². The summed E-state index contributed by atoms with van der Waals surface area (Å²) in [7, 11) is 2.09. The molecular formula is C40H43N3O7. The lowest BCUT2D eigenvalue weighted by atomic mass is 9.89. The summed E-state index contributed by atoms with van der Waals surface area (Å²) in [5, 5.41) is 12.1. The van der Waals surface area contributed by atoms with E-state index in [1.54, 1.807) is 24.3 Å². The van der Waals surface area contributed by atoms with Gasteiger partial charge < -0.3 is 24.6 Å². The molecule has 4 aromatic carbocycles. The zero-order chi connectivity index (χ0) is 35.2. The van der Waals surface area contributed by atoms with Crippen LogP contribution in [-0.2, 0) is 37.0 Å². The van der Waals surface area contributed by atoms with E-state index in [0.29, 0.717) is 12.2 Å². The molecule has 0 bridgehead atoms.